The Morgan fingerprint density at radius 1 is 0.778 bits per heavy atom. The molecule has 3 rings (SSSR count). The van der Waals surface area contributed by atoms with Gasteiger partial charge in [0.15, 0.2) is 0 Å². The maximum atomic E-state index is 5.24. The van der Waals surface area contributed by atoms with Crippen molar-refractivity contribution in [2.24, 2.45) is 0 Å². The molecule has 1 aromatic heterocycles. The number of aromatic nitrogens is 1. The van der Waals surface area contributed by atoms with Crippen molar-refractivity contribution in [3.8, 4) is 11.5 Å². The SMILES string of the molecule is COc1ccc2[n-]c3ccc(OC)cc3c2c1.[Cu+]. The van der Waals surface area contributed by atoms with Gasteiger partial charge in [-0.2, -0.15) is 0 Å². The van der Waals surface area contributed by atoms with E-state index in [1.807, 2.05) is 36.4 Å². The Hall–Kier alpha value is -1.64. The Balaban J connectivity index is 0.00000120. The first-order valence-corrected chi connectivity index (χ1v) is 5.40. The number of methoxy groups -OCH3 is 2. The Bertz CT molecular complexity index is 632. The van der Waals surface area contributed by atoms with E-state index < -0.39 is 0 Å². The fraction of sp³-hybridized carbons (Fsp3) is 0.143. The van der Waals surface area contributed by atoms with Crippen molar-refractivity contribution in [3.05, 3.63) is 36.4 Å². The third kappa shape index (κ3) is 1.94. The zero-order valence-corrected chi connectivity index (χ0v) is 11.0. The van der Waals surface area contributed by atoms with E-state index in [2.05, 4.69) is 4.98 Å². The number of benzene rings is 2. The summed E-state index contributed by atoms with van der Waals surface area (Å²) in [4.78, 5) is 4.55. The average Bonchev–Trinajstić information content (AvgIpc) is 2.75. The quantitative estimate of drug-likeness (QED) is 0.680. The number of fused-ring (bicyclic) bond motifs is 3. The van der Waals surface area contributed by atoms with Crippen molar-refractivity contribution < 1.29 is 26.5 Å². The van der Waals surface area contributed by atoms with Crippen molar-refractivity contribution in [2.75, 3.05) is 14.2 Å². The monoisotopic (exact) mass is 289 g/mol. The van der Waals surface area contributed by atoms with Crippen LogP contribution in [-0.2, 0) is 17.1 Å². The number of rotatable bonds is 2. The molecule has 1 heterocycles. The predicted octanol–water partition coefficient (Wildman–Crippen LogP) is 2.96. The van der Waals surface area contributed by atoms with E-state index in [0.717, 1.165) is 33.3 Å². The summed E-state index contributed by atoms with van der Waals surface area (Å²) < 4.78 is 10.5. The number of ether oxygens (including phenoxy) is 2. The molecule has 0 saturated carbocycles. The zero-order chi connectivity index (χ0) is 11.8. The molecule has 4 heteroatoms. The second kappa shape index (κ2) is 4.92. The van der Waals surface area contributed by atoms with Crippen LogP contribution < -0.4 is 14.5 Å². The van der Waals surface area contributed by atoms with Gasteiger partial charge in [0.2, 0.25) is 0 Å². The fourth-order valence-corrected chi connectivity index (χ4v) is 2.04. The summed E-state index contributed by atoms with van der Waals surface area (Å²) in [6.07, 6.45) is 0. The molecular weight excluding hydrogens is 278 g/mol. The molecule has 0 atom stereocenters. The molecule has 0 radical (unpaired) electrons. The second-order valence-corrected chi connectivity index (χ2v) is 3.88. The van der Waals surface area contributed by atoms with E-state index in [1.54, 1.807) is 14.2 Å². The van der Waals surface area contributed by atoms with Crippen LogP contribution in [0, 0.1) is 0 Å². The van der Waals surface area contributed by atoms with Gasteiger partial charge in [-0.25, -0.2) is 0 Å². The normalized spacial score (nSPS) is 10.3. The Morgan fingerprint density at radius 3 is 1.61 bits per heavy atom. The van der Waals surface area contributed by atoms with Gasteiger partial charge < -0.3 is 14.5 Å². The van der Waals surface area contributed by atoms with Gasteiger partial charge in [0.1, 0.15) is 11.5 Å². The Kier molecular flexibility index (Phi) is 3.50. The van der Waals surface area contributed by atoms with E-state index in [1.165, 1.54) is 0 Å². The summed E-state index contributed by atoms with van der Waals surface area (Å²) in [6, 6.07) is 11.8. The first-order valence-electron chi connectivity index (χ1n) is 5.40. The van der Waals surface area contributed by atoms with E-state index in [0.29, 0.717) is 0 Å². The van der Waals surface area contributed by atoms with Crippen LogP contribution in [0.1, 0.15) is 0 Å². The Morgan fingerprint density at radius 2 is 1.22 bits per heavy atom. The number of nitrogens with zero attached hydrogens (tertiary/aromatic N) is 1. The third-order valence-corrected chi connectivity index (χ3v) is 2.94. The molecule has 96 valence electrons. The summed E-state index contributed by atoms with van der Waals surface area (Å²) >= 11 is 0. The minimum absolute atomic E-state index is 0. The molecule has 0 unspecified atom stereocenters. The standard InChI is InChI=1S/C14H12NO2.Cu/c1-16-9-3-5-13-11(7-9)12-8-10(17-2)4-6-14(12)15-13;/h3-8H,1-2H3;/q-1;+1. The number of hydrogen-bond acceptors (Lipinski definition) is 2. The molecule has 3 aromatic rings. The molecule has 0 bridgehead atoms. The van der Waals surface area contributed by atoms with Crippen LogP contribution in [0.4, 0.5) is 0 Å². The van der Waals surface area contributed by atoms with E-state index in [9.17, 15) is 0 Å². The van der Waals surface area contributed by atoms with E-state index in [-0.39, 0.29) is 17.1 Å². The molecule has 0 amide bonds. The fourth-order valence-electron chi connectivity index (χ4n) is 2.04. The predicted molar refractivity (Wildman–Crippen MR) is 67.9 cm³/mol. The summed E-state index contributed by atoms with van der Waals surface area (Å²) in [5.74, 6) is 1.68. The topological polar surface area (TPSA) is 32.6 Å². The summed E-state index contributed by atoms with van der Waals surface area (Å²) in [6.45, 7) is 0. The first-order chi connectivity index (χ1) is 8.31. The van der Waals surface area contributed by atoms with Crippen LogP contribution in [0.2, 0.25) is 0 Å². The van der Waals surface area contributed by atoms with Gasteiger partial charge in [-0.15, -0.1) is 11.0 Å². The van der Waals surface area contributed by atoms with Gasteiger partial charge in [0.05, 0.1) is 14.2 Å². The molecule has 0 spiro atoms. The van der Waals surface area contributed by atoms with Gasteiger partial charge >= 0.3 is 17.1 Å². The van der Waals surface area contributed by atoms with Crippen LogP contribution in [-0.4, -0.2) is 14.2 Å². The zero-order valence-electron chi connectivity index (χ0n) is 10.0. The van der Waals surface area contributed by atoms with Crippen LogP contribution in [0.5, 0.6) is 11.5 Å². The van der Waals surface area contributed by atoms with Crippen molar-refractivity contribution in [1.82, 2.24) is 4.98 Å². The van der Waals surface area contributed by atoms with Gasteiger partial charge in [-0.1, -0.05) is 12.1 Å². The molecule has 0 aliphatic heterocycles. The molecule has 0 N–H and O–H groups in total. The summed E-state index contributed by atoms with van der Waals surface area (Å²) in [5.41, 5.74) is 1.96. The largest absolute Gasteiger partial charge is 1.00 e. The van der Waals surface area contributed by atoms with Crippen LogP contribution in [0.25, 0.3) is 21.8 Å². The molecular formula is C14H12CuNO2. The molecule has 0 fully saturated rings. The Labute approximate surface area is 116 Å². The third-order valence-electron chi connectivity index (χ3n) is 2.94. The summed E-state index contributed by atoms with van der Waals surface area (Å²) in [7, 11) is 3.33. The minimum Gasteiger partial charge on any atom is -0.657 e. The van der Waals surface area contributed by atoms with Gasteiger partial charge in [-0.3, -0.25) is 0 Å². The maximum absolute atomic E-state index is 5.24. The molecule has 2 aromatic carbocycles. The van der Waals surface area contributed by atoms with Crippen molar-refractivity contribution >= 4 is 21.8 Å². The van der Waals surface area contributed by atoms with Crippen molar-refractivity contribution in [3.63, 3.8) is 0 Å². The molecule has 0 aliphatic rings. The smallest absolute Gasteiger partial charge is 0.657 e. The molecule has 0 saturated heterocycles. The van der Waals surface area contributed by atoms with E-state index in [4.69, 9.17) is 9.47 Å². The second-order valence-electron chi connectivity index (χ2n) is 3.88. The average molecular weight is 290 g/mol. The van der Waals surface area contributed by atoms with Crippen LogP contribution >= 0.6 is 0 Å². The minimum atomic E-state index is 0. The van der Waals surface area contributed by atoms with Crippen LogP contribution in [0.15, 0.2) is 36.4 Å². The first kappa shape index (κ1) is 12.8. The van der Waals surface area contributed by atoms with Crippen molar-refractivity contribution in [1.29, 1.82) is 0 Å². The maximum Gasteiger partial charge on any atom is 1.00 e. The van der Waals surface area contributed by atoms with Crippen molar-refractivity contribution in [2.45, 2.75) is 0 Å². The van der Waals surface area contributed by atoms with Crippen LogP contribution in [0.3, 0.4) is 0 Å². The van der Waals surface area contributed by atoms with Gasteiger partial charge in [-0.05, 0) is 35.0 Å². The van der Waals surface area contributed by atoms with Gasteiger partial charge in [0.25, 0.3) is 0 Å². The van der Waals surface area contributed by atoms with Gasteiger partial charge in [0, 0.05) is 0 Å². The van der Waals surface area contributed by atoms with E-state index >= 15 is 0 Å². The number of hydrogen-bond donors (Lipinski definition) is 0. The summed E-state index contributed by atoms with van der Waals surface area (Å²) in [5, 5.41) is 2.19. The molecule has 18 heavy (non-hydrogen) atoms. The molecule has 3 nitrogen and oxygen atoms in total. The molecule has 0 aliphatic carbocycles.